The predicted molar refractivity (Wildman–Crippen MR) is 113 cm³/mol. The third kappa shape index (κ3) is 3.93. The molecule has 0 spiro atoms. The van der Waals surface area contributed by atoms with Crippen molar-refractivity contribution in [2.75, 3.05) is 13.2 Å². The Balaban J connectivity index is 1.59. The molecule has 0 radical (unpaired) electrons. The van der Waals surface area contributed by atoms with E-state index < -0.39 is 6.10 Å². The topological polar surface area (TPSA) is 71.5 Å². The molecule has 2 N–H and O–H groups in total. The molecule has 2 unspecified atom stereocenters. The number of aromatic nitrogens is 1. The summed E-state index contributed by atoms with van der Waals surface area (Å²) in [4.78, 5) is 14.3. The molecule has 0 bridgehead atoms. The van der Waals surface area contributed by atoms with Gasteiger partial charge in [0.15, 0.2) is 0 Å². The maximum Gasteiger partial charge on any atom is 0.248 e. The number of benzene rings is 2. The number of rotatable bonds is 5. The van der Waals surface area contributed by atoms with E-state index in [-0.39, 0.29) is 17.1 Å². The molecular formula is C24H27NO4. The first-order valence-electron chi connectivity index (χ1n) is 10.1. The van der Waals surface area contributed by atoms with E-state index in [0.29, 0.717) is 13.2 Å². The smallest absolute Gasteiger partial charge is 0.248 e. The van der Waals surface area contributed by atoms with E-state index in [0.717, 1.165) is 40.6 Å². The van der Waals surface area contributed by atoms with Crippen LogP contribution in [0.4, 0.5) is 0 Å². The third-order valence-corrected chi connectivity index (χ3v) is 6.12. The Morgan fingerprint density at radius 2 is 1.86 bits per heavy atom. The number of aliphatic hydroxyl groups is 1. The van der Waals surface area contributed by atoms with Crippen molar-refractivity contribution in [3.8, 4) is 5.75 Å². The van der Waals surface area contributed by atoms with Crippen molar-refractivity contribution < 1.29 is 14.6 Å². The van der Waals surface area contributed by atoms with Crippen LogP contribution in [0.2, 0.25) is 0 Å². The summed E-state index contributed by atoms with van der Waals surface area (Å²) in [6.07, 6.45) is 0.986. The summed E-state index contributed by atoms with van der Waals surface area (Å²) >= 11 is 0. The summed E-state index contributed by atoms with van der Waals surface area (Å²) < 4.78 is 11.8. The average molecular weight is 393 g/mol. The van der Waals surface area contributed by atoms with Crippen molar-refractivity contribution >= 4 is 10.9 Å². The summed E-state index contributed by atoms with van der Waals surface area (Å²) in [5.74, 6) is 0.781. The summed E-state index contributed by atoms with van der Waals surface area (Å²) in [5, 5.41) is 11.5. The van der Waals surface area contributed by atoms with Crippen LogP contribution in [0.15, 0.2) is 59.4 Å². The molecule has 0 saturated carbocycles. The van der Waals surface area contributed by atoms with E-state index in [2.05, 4.69) is 11.1 Å². The maximum absolute atomic E-state index is 11.5. The average Bonchev–Trinajstić information content (AvgIpc) is 2.74. The zero-order valence-corrected chi connectivity index (χ0v) is 16.9. The summed E-state index contributed by atoms with van der Waals surface area (Å²) in [6, 6.07) is 17.3. The molecular weight excluding hydrogens is 366 g/mol. The Labute approximate surface area is 170 Å². The van der Waals surface area contributed by atoms with E-state index in [1.165, 1.54) is 6.07 Å². The molecule has 0 amide bonds. The lowest BCUT2D eigenvalue weighted by atomic mass is 9.70. The summed E-state index contributed by atoms with van der Waals surface area (Å²) in [5.41, 5.74) is 2.54. The van der Waals surface area contributed by atoms with Crippen molar-refractivity contribution in [2.24, 2.45) is 0 Å². The van der Waals surface area contributed by atoms with Gasteiger partial charge in [0.25, 0.3) is 0 Å². The van der Waals surface area contributed by atoms with Crippen LogP contribution >= 0.6 is 0 Å². The van der Waals surface area contributed by atoms with Crippen LogP contribution in [-0.2, 0) is 10.2 Å². The van der Waals surface area contributed by atoms with Gasteiger partial charge in [-0.25, -0.2) is 0 Å². The largest absolute Gasteiger partial charge is 0.486 e. The van der Waals surface area contributed by atoms with Gasteiger partial charge in [-0.3, -0.25) is 4.79 Å². The van der Waals surface area contributed by atoms with Crippen LogP contribution in [-0.4, -0.2) is 29.4 Å². The minimum atomic E-state index is -0.457. The molecule has 29 heavy (non-hydrogen) atoms. The Morgan fingerprint density at radius 3 is 2.62 bits per heavy atom. The van der Waals surface area contributed by atoms with Gasteiger partial charge in [0, 0.05) is 30.2 Å². The Kier molecular flexibility index (Phi) is 5.43. The van der Waals surface area contributed by atoms with Crippen molar-refractivity contribution in [1.29, 1.82) is 0 Å². The number of aliphatic hydroxyl groups excluding tert-OH is 1. The fourth-order valence-corrected chi connectivity index (χ4v) is 4.26. The molecule has 2 aromatic carbocycles. The van der Waals surface area contributed by atoms with Gasteiger partial charge in [-0.2, -0.15) is 0 Å². The zero-order chi connectivity index (χ0) is 20.4. The first-order valence-corrected chi connectivity index (χ1v) is 10.1. The minimum Gasteiger partial charge on any atom is -0.486 e. The normalized spacial score (nSPS) is 18.3. The van der Waals surface area contributed by atoms with E-state index in [1.807, 2.05) is 56.3 Å². The fourth-order valence-electron chi connectivity index (χ4n) is 4.26. The van der Waals surface area contributed by atoms with E-state index in [4.69, 9.17) is 9.47 Å². The molecule has 1 fully saturated rings. The Bertz CT molecular complexity index is 1050. The summed E-state index contributed by atoms with van der Waals surface area (Å²) in [7, 11) is 0. The number of nitrogens with one attached hydrogen (secondary N) is 1. The molecule has 0 aliphatic carbocycles. The Morgan fingerprint density at radius 1 is 1.07 bits per heavy atom. The highest BCUT2D eigenvalue weighted by atomic mass is 16.5. The zero-order valence-electron chi connectivity index (χ0n) is 16.9. The van der Waals surface area contributed by atoms with Crippen molar-refractivity contribution in [1.82, 2.24) is 4.98 Å². The van der Waals surface area contributed by atoms with Crippen LogP contribution in [0.5, 0.6) is 5.75 Å². The van der Waals surface area contributed by atoms with Crippen LogP contribution in [0.1, 0.15) is 43.9 Å². The van der Waals surface area contributed by atoms with E-state index in [9.17, 15) is 9.90 Å². The molecule has 1 aliphatic rings. The molecule has 152 valence electrons. The maximum atomic E-state index is 11.5. The lowest BCUT2D eigenvalue weighted by molar-refractivity contribution is -0.00850. The van der Waals surface area contributed by atoms with Gasteiger partial charge in [0.1, 0.15) is 11.9 Å². The van der Waals surface area contributed by atoms with Crippen LogP contribution in [0.3, 0.4) is 0 Å². The SMILES string of the molecule is CC(Oc1cccc(C2(C(C)O)CCOCC2)c1)c1ccc2[nH]c(=O)ccc2c1. The number of hydrogen-bond acceptors (Lipinski definition) is 4. The number of hydrogen-bond donors (Lipinski definition) is 2. The second-order valence-corrected chi connectivity index (χ2v) is 7.90. The van der Waals surface area contributed by atoms with Gasteiger partial charge in [-0.15, -0.1) is 0 Å². The molecule has 1 aromatic heterocycles. The number of pyridine rings is 1. The molecule has 1 saturated heterocycles. The molecule has 3 aromatic rings. The van der Waals surface area contributed by atoms with Gasteiger partial charge in [0.2, 0.25) is 5.56 Å². The van der Waals surface area contributed by atoms with E-state index >= 15 is 0 Å². The van der Waals surface area contributed by atoms with Gasteiger partial charge < -0.3 is 19.6 Å². The first kappa shape index (κ1) is 19.7. The number of fused-ring (bicyclic) bond motifs is 1. The van der Waals surface area contributed by atoms with Crippen molar-refractivity contribution in [2.45, 2.75) is 44.3 Å². The quantitative estimate of drug-likeness (QED) is 0.685. The highest BCUT2D eigenvalue weighted by molar-refractivity contribution is 5.79. The lowest BCUT2D eigenvalue weighted by Crippen LogP contribution is -2.42. The fraction of sp³-hybridized carbons (Fsp3) is 0.375. The molecule has 4 rings (SSSR count). The molecule has 5 heteroatoms. The number of H-pyrrole nitrogens is 1. The lowest BCUT2D eigenvalue weighted by Gasteiger charge is -2.40. The van der Waals surface area contributed by atoms with E-state index in [1.54, 1.807) is 0 Å². The van der Waals surface area contributed by atoms with Crippen molar-refractivity contribution in [3.05, 3.63) is 76.1 Å². The first-order chi connectivity index (χ1) is 14.0. The standard InChI is InChI=1S/C24H27NO4/c1-16(18-6-8-22-19(14-18)7-9-23(27)25-22)29-21-5-3-4-20(15-21)24(17(2)26)10-12-28-13-11-24/h3-9,14-17,26H,10-13H2,1-2H3,(H,25,27). The van der Waals surface area contributed by atoms with Gasteiger partial charge in [-0.05, 0) is 73.5 Å². The van der Waals surface area contributed by atoms with Gasteiger partial charge >= 0.3 is 0 Å². The third-order valence-electron chi connectivity index (χ3n) is 6.12. The van der Waals surface area contributed by atoms with Gasteiger partial charge in [0.05, 0.1) is 6.10 Å². The Hall–Kier alpha value is -2.63. The van der Waals surface area contributed by atoms with Crippen LogP contribution < -0.4 is 10.3 Å². The highest BCUT2D eigenvalue weighted by Crippen LogP contribution is 2.39. The molecule has 2 heterocycles. The highest BCUT2D eigenvalue weighted by Gasteiger charge is 2.39. The molecule has 1 aliphatic heterocycles. The number of aromatic amines is 1. The molecule has 2 atom stereocenters. The number of ether oxygens (including phenoxy) is 2. The second-order valence-electron chi connectivity index (χ2n) is 7.90. The van der Waals surface area contributed by atoms with Crippen molar-refractivity contribution in [3.63, 3.8) is 0 Å². The molecule has 5 nitrogen and oxygen atoms in total. The van der Waals surface area contributed by atoms with Crippen LogP contribution in [0.25, 0.3) is 10.9 Å². The second kappa shape index (κ2) is 8.01. The minimum absolute atomic E-state index is 0.105. The van der Waals surface area contributed by atoms with Crippen LogP contribution in [0, 0.1) is 0 Å². The van der Waals surface area contributed by atoms with Gasteiger partial charge in [-0.1, -0.05) is 18.2 Å². The predicted octanol–water partition coefficient (Wildman–Crippen LogP) is 4.10. The summed E-state index contributed by atoms with van der Waals surface area (Å²) in [6.45, 7) is 5.19. The monoisotopic (exact) mass is 393 g/mol.